The Morgan fingerprint density at radius 2 is 1.73 bits per heavy atom. The van der Waals surface area contributed by atoms with Crippen molar-refractivity contribution in [3.8, 4) is 0 Å². The summed E-state index contributed by atoms with van der Waals surface area (Å²) in [5.74, 6) is 1.07. The fraction of sp³-hybridized carbons (Fsp3) is 0.273. The predicted octanol–water partition coefficient (Wildman–Crippen LogP) is 3.69. The van der Waals surface area contributed by atoms with E-state index >= 15 is 0 Å². The number of hydrogen-bond acceptors (Lipinski definition) is 3. The third kappa shape index (κ3) is 3.85. The second kappa shape index (κ2) is 7.56. The number of pyridine rings is 1. The molecule has 3 aromatic rings. The highest BCUT2D eigenvalue weighted by atomic mass is 16.1. The third-order valence-electron chi connectivity index (χ3n) is 4.91. The summed E-state index contributed by atoms with van der Waals surface area (Å²) < 4.78 is 0. The van der Waals surface area contributed by atoms with E-state index in [0.29, 0.717) is 13.0 Å². The molecule has 0 atom stereocenters. The normalized spacial score (nSPS) is 13.9. The number of hydrogen-bond donors (Lipinski definition) is 1. The van der Waals surface area contributed by atoms with Crippen LogP contribution in [-0.2, 0) is 17.8 Å². The van der Waals surface area contributed by atoms with Crippen LogP contribution in [0.15, 0.2) is 60.8 Å². The summed E-state index contributed by atoms with van der Waals surface area (Å²) >= 11 is 0. The summed E-state index contributed by atoms with van der Waals surface area (Å²) in [7, 11) is 0. The molecule has 0 unspecified atom stereocenters. The molecule has 4 rings (SSSR count). The van der Waals surface area contributed by atoms with E-state index < -0.39 is 0 Å². The maximum Gasteiger partial charge on any atom is 0.224 e. The van der Waals surface area contributed by atoms with Gasteiger partial charge in [-0.05, 0) is 40.8 Å². The summed E-state index contributed by atoms with van der Waals surface area (Å²) in [6.07, 6.45) is 4.75. The minimum absolute atomic E-state index is 0.0314. The van der Waals surface area contributed by atoms with Gasteiger partial charge in [-0.15, -0.1) is 0 Å². The lowest BCUT2D eigenvalue weighted by Crippen LogP contribution is -2.24. The topological polar surface area (TPSA) is 45.2 Å². The van der Waals surface area contributed by atoms with Crippen LogP contribution in [0.5, 0.6) is 0 Å². The van der Waals surface area contributed by atoms with Gasteiger partial charge in [-0.2, -0.15) is 0 Å². The van der Waals surface area contributed by atoms with Crippen molar-refractivity contribution in [1.29, 1.82) is 0 Å². The summed E-state index contributed by atoms with van der Waals surface area (Å²) in [5.41, 5.74) is 2.06. The van der Waals surface area contributed by atoms with Crippen molar-refractivity contribution in [2.24, 2.45) is 0 Å². The highest BCUT2D eigenvalue weighted by molar-refractivity contribution is 5.85. The van der Waals surface area contributed by atoms with Crippen molar-refractivity contribution < 1.29 is 4.79 Å². The van der Waals surface area contributed by atoms with Crippen molar-refractivity contribution in [3.63, 3.8) is 0 Å². The molecule has 0 spiro atoms. The standard InChI is InChI=1S/C22H23N3O/c26-22(14-17-7-9-19-5-1-2-6-20(19)13-17)24-16-18-8-10-21(23-15-18)25-11-3-4-12-25/h1-2,5-10,13,15H,3-4,11-12,14,16H2,(H,24,26). The van der Waals surface area contributed by atoms with Crippen molar-refractivity contribution in [2.75, 3.05) is 18.0 Å². The van der Waals surface area contributed by atoms with Gasteiger partial charge in [0.2, 0.25) is 5.91 Å². The SMILES string of the molecule is O=C(Cc1ccc2ccccc2c1)NCc1ccc(N2CCCC2)nc1. The van der Waals surface area contributed by atoms with Crippen molar-refractivity contribution in [3.05, 3.63) is 71.9 Å². The Bertz CT molecular complexity index is 899. The van der Waals surface area contributed by atoms with Crippen molar-refractivity contribution >= 4 is 22.5 Å². The molecule has 0 aliphatic carbocycles. The molecule has 1 amide bonds. The average molecular weight is 345 g/mol. The first-order valence-electron chi connectivity index (χ1n) is 9.22. The van der Waals surface area contributed by atoms with Crippen LogP contribution in [0.3, 0.4) is 0 Å². The molecular weight excluding hydrogens is 322 g/mol. The van der Waals surface area contributed by atoms with Gasteiger partial charge < -0.3 is 10.2 Å². The maximum absolute atomic E-state index is 12.3. The number of anilines is 1. The molecule has 1 N–H and O–H groups in total. The summed E-state index contributed by atoms with van der Waals surface area (Å²) in [4.78, 5) is 19.1. The van der Waals surface area contributed by atoms with Crippen LogP contribution in [0.4, 0.5) is 5.82 Å². The van der Waals surface area contributed by atoms with Crippen LogP contribution in [0.1, 0.15) is 24.0 Å². The van der Waals surface area contributed by atoms with Gasteiger partial charge in [0.05, 0.1) is 6.42 Å². The van der Waals surface area contributed by atoms with Crippen LogP contribution < -0.4 is 10.2 Å². The Morgan fingerprint density at radius 1 is 0.962 bits per heavy atom. The largest absolute Gasteiger partial charge is 0.357 e. The van der Waals surface area contributed by atoms with E-state index in [0.717, 1.165) is 30.0 Å². The number of rotatable bonds is 5. The maximum atomic E-state index is 12.3. The van der Waals surface area contributed by atoms with E-state index in [-0.39, 0.29) is 5.91 Å². The number of fused-ring (bicyclic) bond motifs is 1. The molecule has 4 nitrogen and oxygen atoms in total. The highest BCUT2D eigenvalue weighted by Crippen LogP contribution is 2.18. The number of carbonyl (C=O) groups is 1. The number of nitrogens with zero attached hydrogens (tertiary/aromatic N) is 2. The van der Waals surface area contributed by atoms with Gasteiger partial charge in [0.1, 0.15) is 5.82 Å². The van der Waals surface area contributed by atoms with Gasteiger partial charge >= 0.3 is 0 Å². The minimum atomic E-state index is 0.0314. The lowest BCUT2D eigenvalue weighted by Gasteiger charge is -2.16. The predicted molar refractivity (Wildman–Crippen MR) is 105 cm³/mol. The number of aromatic nitrogens is 1. The van der Waals surface area contributed by atoms with E-state index in [2.05, 4.69) is 51.6 Å². The van der Waals surface area contributed by atoms with Crippen LogP contribution in [0.25, 0.3) is 10.8 Å². The molecule has 2 heterocycles. The first-order valence-corrected chi connectivity index (χ1v) is 9.22. The van der Waals surface area contributed by atoms with E-state index in [1.165, 1.54) is 23.6 Å². The van der Waals surface area contributed by atoms with Gasteiger partial charge in [-0.3, -0.25) is 4.79 Å². The number of carbonyl (C=O) groups excluding carboxylic acids is 1. The van der Waals surface area contributed by atoms with Crippen LogP contribution in [0, 0.1) is 0 Å². The first-order chi connectivity index (χ1) is 12.8. The molecule has 0 radical (unpaired) electrons. The Hall–Kier alpha value is -2.88. The van der Waals surface area contributed by atoms with E-state index in [9.17, 15) is 4.79 Å². The number of amides is 1. The molecule has 26 heavy (non-hydrogen) atoms. The van der Waals surface area contributed by atoms with Crippen molar-refractivity contribution in [2.45, 2.75) is 25.8 Å². The third-order valence-corrected chi connectivity index (χ3v) is 4.91. The molecule has 1 fully saturated rings. The minimum Gasteiger partial charge on any atom is -0.357 e. The van der Waals surface area contributed by atoms with Crippen LogP contribution in [0.2, 0.25) is 0 Å². The molecule has 1 aromatic heterocycles. The molecule has 4 heteroatoms. The fourth-order valence-electron chi connectivity index (χ4n) is 3.45. The Labute approximate surface area is 153 Å². The van der Waals surface area contributed by atoms with Gasteiger partial charge in [0.25, 0.3) is 0 Å². The van der Waals surface area contributed by atoms with E-state index in [1.54, 1.807) is 0 Å². The van der Waals surface area contributed by atoms with Gasteiger partial charge in [0.15, 0.2) is 0 Å². The lowest BCUT2D eigenvalue weighted by molar-refractivity contribution is -0.120. The van der Waals surface area contributed by atoms with Gasteiger partial charge in [-0.25, -0.2) is 4.98 Å². The number of nitrogens with one attached hydrogen (secondary N) is 1. The number of benzene rings is 2. The van der Waals surface area contributed by atoms with Gasteiger partial charge in [0, 0.05) is 25.8 Å². The zero-order valence-electron chi connectivity index (χ0n) is 14.8. The Balaban J connectivity index is 1.32. The summed E-state index contributed by atoms with van der Waals surface area (Å²) in [5, 5.41) is 5.35. The van der Waals surface area contributed by atoms with Crippen molar-refractivity contribution in [1.82, 2.24) is 10.3 Å². The Kier molecular flexibility index (Phi) is 4.82. The molecule has 2 aromatic carbocycles. The quantitative estimate of drug-likeness (QED) is 0.767. The van der Waals surface area contributed by atoms with Crippen LogP contribution >= 0.6 is 0 Å². The molecule has 0 bridgehead atoms. The zero-order valence-corrected chi connectivity index (χ0v) is 14.8. The molecule has 0 saturated carbocycles. The molecular formula is C22H23N3O. The molecule has 1 aliphatic rings. The summed E-state index contributed by atoms with van der Waals surface area (Å²) in [6, 6.07) is 18.5. The molecule has 132 valence electrons. The average Bonchev–Trinajstić information content (AvgIpc) is 3.21. The lowest BCUT2D eigenvalue weighted by atomic mass is 10.0. The zero-order chi connectivity index (χ0) is 17.8. The Morgan fingerprint density at radius 3 is 2.50 bits per heavy atom. The van der Waals surface area contributed by atoms with E-state index in [4.69, 9.17) is 0 Å². The smallest absolute Gasteiger partial charge is 0.224 e. The highest BCUT2D eigenvalue weighted by Gasteiger charge is 2.13. The van der Waals surface area contributed by atoms with Crippen LogP contribution in [-0.4, -0.2) is 24.0 Å². The van der Waals surface area contributed by atoms with E-state index in [1.807, 2.05) is 24.4 Å². The summed E-state index contributed by atoms with van der Waals surface area (Å²) in [6.45, 7) is 2.70. The first kappa shape index (κ1) is 16.6. The fourth-order valence-corrected chi connectivity index (χ4v) is 3.45. The molecule has 1 aliphatic heterocycles. The second-order valence-electron chi connectivity index (χ2n) is 6.85. The van der Waals surface area contributed by atoms with Gasteiger partial charge in [-0.1, -0.05) is 48.5 Å². The monoisotopic (exact) mass is 345 g/mol. The molecule has 1 saturated heterocycles. The second-order valence-corrected chi connectivity index (χ2v) is 6.85.